The number of benzene rings is 7. The molecule has 0 aliphatic heterocycles. The Labute approximate surface area is 263 Å². The molecular weight excluding hydrogens is 565 g/mol. The van der Waals surface area contributed by atoms with Crippen LogP contribution in [0.2, 0.25) is 0 Å². The van der Waals surface area contributed by atoms with Gasteiger partial charge in [-0.25, -0.2) is 0 Å². The molecule has 0 fully saturated rings. The van der Waals surface area contributed by atoms with Gasteiger partial charge in [0.05, 0.1) is 22.1 Å². The van der Waals surface area contributed by atoms with Gasteiger partial charge in [0.2, 0.25) is 0 Å². The SMILES string of the molecule is c1ccc(-n2c3ccccc3c3ccc(-c4cc5c6ccccc6n(-c6ccccc6)c5c5c4sc4ccccc45)cc32)cc1. The first-order valence-electron chi connectivity index (χ1n) is 15.4. The molecule has 0 radical (unpaired) electrons. The molecule has 0 bridgehead atoms. The Kier molecular flexibility index (Phi) is 5.19. The van der Waals surface area contributed by atoms with Gasteiger partial charge in [-0.3, -0.25) is 0 Å². The minimum absolute atomic E-state index is 1.18. The number of fused-ring (bicyclic) bond motifs is 10. The maximum Gasteiger partial charge on any atom is 0.0634 e. The normalized spacial score (nSPS) is 12.0. The largest absolute Gasteiger partial charge is 0.309 e. The lowest BCUT2D eigenvalue weighted by atomic mass is 9.98. The van der Waals surface area contributed by atoms with E-state index in [-0.39, 0.29) is 0 Å². The fraction of sp³-hybridized carbons (Fsp3) is 0. The fourth-order valence-electron chi connectivity index (χ4n) is 7.39. The van der Waals surface area contributed by atoms with Crippen LogP contribution < -0.4 is 0 Å². The van der Waals surface area contributed by atoms with Gasteiger partial charge in [0, 0.05) is 58.7 Å². The Hall–Kier alpha value is -5.64. The number of thiophene rings is 1. The average Bonchev–Trinajstić information content (AvgIpc) is 3.76. The van der Waals surface area contributed by atoms with E-state index in [1.807, 2.05) is 11.3 Å². The van der Waals surface area contributed by atoms with Crippen molar-refractivity contribution in [1.82, 2.24) is 9.13 Å². The molecule has 210 valence electrons. The third kappa shape index (κ3) is 3.50. The van der Waals surface area contributed by atoms with Gasteiger partial charge in [-0.2, -0.15) is 0 Å². The van der Waals surface area contributed by atoms with Crippen molar-refractivity contribution in [2.24, 2.45) is 0 Å². The van der Waals surface area contributed by atoms with Crippen molar-refractivity contribution >= 4 is 75.1 Å². The van der Waals surface area contributed by atoms with Gasteiger partial charge < -0.3 is 9.13 Å². The van der Waals surface area contributed by atoms with Crippen LogP contribution >= 0.6 is 11.3 Å². The molecule has 0 aliphatic rings. The van der Waals surface area contributed by atoms with Gasteiger partial charge in [-0.05, 0) is 60.2 Å². The van der Waals surface area contributed by atoms with Gasteiger partial charge >= 0.3 is 0 Å². The van der Waals surface area contributed by atoms with E-state index in [9.17, 15) is 0 Å². The summed E-state index contributed by atoms with van der Waals surface area (Å²) in [6.45, 7) is 0. The summed E-state index contributed by atoms with van der Waals surface area (Å²) < 4.78 is 7.51. The second kappa shape index (κ2) is 9.43. The van der Waals surface area contributed by atoms with Crippen LogP contribution in [0.5, 0.6) is 0 Å². The quantitative estimate of drug-likeness (QED) is 0.194. The zero-order valence-corrected chi connectivity index (χ0v) is 25.1. The molecule has 0 saturated heterocycles. The number of aromatic nitrogens is 2. The van der Waals surface area contributed by atoms with Crippen LogP contribution in [0.15, 0.2) is 158 Å². The molecule has 7 aromatic carbocycles. The minimum Gasteiger partial charge on any atom is -0.309 e. The van der Waals surface area contributed by atoms with Crippen LogP contribution in [-0.2, 0) is 0 Å². The van der Waals surface area contributed by atoms with E-state index >= 15 is 0 Å². The molecule has 0 spiro atoms. The van der Waals surface area contributed by atoms with Gasteiger partial charge in [-0.15, -0.1) is 11.3 Å². The molecule has 0 atom stereocenters. The van der Waals surface area contributed by atoms with Gasteiger partial charge in [0.15, 0.2) is 0 Å². The van der Waals surface area contributed by atoms with Crippen molar-refractivity contribution in [3.63, 3.8) is 0 Å². The molecule has 0 aliphatic carbocycles. The molecule has 0 N–H and O–H groups in total. The van der Waals surface area contributed by atoms with Gasteiger partial charge in [0.25, 0.3) is 0 Å². The molecule has 0 amide bonds. The Morgan fingerprint density at radius 1 is 0.400 bits per heavy atom. The summed E-state index contributed by atoms with van der Waals surface area (Å²) >= 11 is 1.90. The lowest BCUT2D eigenvalue weighted by Gasteiger charge is -2.12. The monoisotopic (exact) mass is 590 g/mol. The highest BCUT2D eigenvalue weighted by Gasteiger charge is 2.22. The molecule has 0 saturated carbocycles. The summed E-state index contributed by atoms with van der Waals surface area (Å²) in [5, 5.41) is 7.73. The Morgan fingerprint density at radius 2 is 0.956 bits per heavy atom. The Balaban J connectivity index is 1.37. The second-order valence-corrected chi connectivity index (χ2v) is 12.8. The summed E-state index contributed by atoms with van der Waals surface area (Å²) in [5.41, 5.74) is 9.82. The third-order valence-corrected chi connectivity index (χ3v) is 10.5. The highest BCUT2D eigenvalue weighted by atomic mass is 32.1. The Bertz CT molecular complexity index is 2740. The molecule has 10 aromatic rings. The van der Waals surface area contributed by atoms with Gasteiger partial charge in [-0.1, -0.05) is 103 Å². The first kappa shape index (κ1) is 24.8. The maximum absolute atomic E-state index is 2.46. The van der Waals surface area contributed by atoms with Crippen molar-refractivity contribution < 1.29 is 0 Å². The topological polar surface area (TPSA) is 9.86 Å². The van der Waals surface area contributed by atoms with Gasteiger partial charge in [0.1, 0.15) is 0 Å². The number of para-hydroxylation sites is 4. The summed E-state index contributed by atoms with van der Waals surface area (Å²) in [6.07, 6.45) is 0. The summed E-state index contributed by atoms with van der Waals surface area (Å²) in [5.74, 6) is 0. The first-order chi connectivity index (χ1) is 22.3. The zero-order chi connectivity index (χ0) is 29.5. The number of hydrogen-bond donors (Lipinski definition) is 0. The fourth-order valence-corrected chi connectivity index (χ4v) is 8.63. The molecule has 45 heavy (non-hydrogen) atoms. The predicted molar refractivity (Wildman–Crippen MR) is 193 cm³/mol. The van der Waals surface area contributed by atoms with E-state index in [2.05, 4.69) is 167 Å². The summed E-state index contributed by atoms with van der Waals surface area (Å²) in [4.78, 5) is 0. The second-order valence-electron chi connectivity index (χ2n) is 11.7. The lowest BCUT2D eigenvalue weighted by molar-refractivity contribution is 1.18. The highest BCUT2D eigenvalue weighted by Crippen LogP contribution is 2.48. The van der Waals surface area contributed by atoms with Crippen LogP contribution in [0.4, 0.5) is 0 Å². The van der Waals surface area contributed by atoms with Crippen molar-refractivity contribution in [2.45, 2.75) is 0 Å². The van der Waals surface area contributed by atoms with E-state index in [1.54, 1.807) is 0 Å². The number of nitrogens with zero attached hydrogens (tertiary/aromatic N) is 2. The number of rotatable bonds is 3. The third-order valence-electron chi connectivity index (χ3n) is 9.29. The summed E-state index contributed by atoms with van der Waals surface area (Å²) in [6, 6.07) is 57.5. The van der Waals surface area contributed by atoms with E-state index in [0.717, 1.165) is 0 Å². The minimum atomic E-state index is 1.18. The zero-order valence-electron chi connectivity index (χ0n) is 24.3. The van der Waals surface area contributed by atoms with Crippen molar-refractivity contribution in [1.29, 1.82) is 0 Å². The molecule has 3 aromatic heterocycles. The molecule has 2 nitrogen and oxygen atoms in total. The number of hydrogen-bond acceptors (Lipinski definition) is 1. The Morgan fingerprint density at radius 3 is 1.69 bits per heavy atom. The molecule has 0 unspecified atom stereocenters. The molecular formula is C42H26N2S. The van der Waals surface area contributed by atoms with Crippen LogP contribution in [0.3, 0.4) is 0 Å². The highest BCUT2D eigenvalue weighted by molar-refractivity contribution is 7.26. The van der Waals surface area contributed by atoms with E-state index in [0.29, 0.717) is 0 Å². The van der Waals surface area contributed by atoms with E-state index in [4.69, 9.17) is 0 Å². The van der Waals surface area contributed by atoms with Crippen LogP contribution in [0, 0.1) is 0 Å². The lowest BCUT2D eigenvalue weighted by Crippen LogP contribution is -1.94. The molecule has 3 heterocycles. The van der Waals surface area contributed by atoms with Crippen LogP contribution in [0.25, 0.3) is 86.3 Å². The molecule has 3 heteroatoms. The molecule has 10 rings (SSSR count). The van der Waals surface area contributed by atoms with E-state index < -0.39 is 0 Å². The predicted octanol–water partition coefficient (Wildman–Crippen LogP) is 11.9. The van der Waals surface area contributed by atoms with Crippen molar-refractivity contribution in [2.75, 3.05) is 0 Å². The first-order valence-corrected chi connectivity index (χ1v) is 16.2. The van der Waals surface area contributed by atoms with Crippen LogP contribution in [-0.4, -0.2) is 9.13 Å². The van der Waals surface area contributed by atoms with Crippen molar-refractivity contribution in [3.05, 3.63) is 158 Å². The van der Waals surface area contributed by atoms with Crippen LogP contribution in [0.1, 0.15) is 0 Å². The van der Waals surface area contributed by atoms with Crippen molar-refractivity contribution in [3.8, 4) is 22.5 Å². The van der Waals surface area contributed by atoms with E-state index in [1.165, 1.54) is 86.3 Å². The smallest absolute Gasteiger partial charge is 0.0634 e. The average molecular weight is 591 g/mol. The standard InChI is InChI=1S/C42H26N2S/c1-3-13-28(14-4-1)43-36-20-10-7-17-30(36)32-24-23-27(25-38(32)43)34-26-35-31-18-8-11-21-37(31)44(29-15-5-2-6-16-29)41(35)40-33-19-9-12-22-39(33)45-42(34)40/h1-26H. The maximum atomic E-state index is 2.46. The summed E-state index contributed by atoms with van der Waals surface area (Å²) in [7, 11) is 0.